The summed E-state index contributed by atoms with van der Waals surface area (Å²) < 4.78 is 73.0. The molecule has 0 aliphatic rings. The molecule has 8 heteroatoms. The minimum absolute atomic E-state index is 0.488. The summed E-state index contributed by atoms with van der Waals surface area (Å²) in [6.45, 7) is 0. The fourth-order valence-electron chi connectivity index (χ4n) is 1.03. The predicted molar refractivity (Wildman–Crippen MR) is 49.2 cm³/mol. The third-order valence-corrected chi connectivity index (χ3v) is 2.82. The summed E-state index contributed by atoms with van der Waals surface area (Å²) >= 11 is 7.50. The highest BCUT2D eigenvalue weighted by molar-refractivity contribution is 9.10. The van der Waals surface area contributed by atoms with Gasteiger partial charge in [0.05, 0.1) is 16.1 Å². The Morgan fingerprint density at radius 1 is 0.938 bits per heavy atom. The van der Waals surface area contributed by atoms with Gasteiger partial charge in [0.1, 0.15) is 0 Å². The summed E-state index contributed by atoms with van der Waals surface area (Å²) in [6.07, 6.45) is -9.82. The van der Waals surface area contributed by atoms with Crippen molar-refractivity contribution in [3.8, 4) is 0 Å². The van der Waals surface area contributed by atoms with E-state index in [1.54, 1.807) is 0 Å². The maximum absolute atomic E-state index is 12.4. The minimum Gasteiger partial charge on any atom is -0.166 e. The summed E-state index contributed by atoms with van der Waals surface area (Å²) in [5, 5.41) is -0.785. The summed E-state index contributed by atoms with van der Waals surface area (Å²) in [6, 6.07) is 1.06. The monoisotopic (exact) mass is 326 g/mol. The van der Waals surface area contributed by atoms with Crippen molar-refractivity contribution in [3.63, 3.8) is 0 Å². The van der Waals surface area contributed by atoms with Gasteiger partial charge in [-0.3, -0.25) is 0 Å². The van der Waals surface area contributed by atoms with Crippen molar-refractivity contribution in [2.45, 2.75) is 12.4 Å². The summed E-state index contributed by atoms with van der Waals surface area (Å²) in [5.74, 6) is 0. The second kappa shape index (κ2) is 4.10. The molecule has 0 saturated carbocycles. The van der Waals surface area contributed by atoms with Crippen LogP contribution in [-0.4, -0.2) is 0 Å². The molecule has 0 saturated heterocycles. The van der Waals surface area contributed by atoms with Crippen molar-refractivity contribution < 1.29 is 26.3 Å². The zero-order chi connectivity index (χ0) is 12.7. The zero-order valence-corrected chi connectivity index (χ0v) is 9.52. The van der Waals surface area contributed by atoms with Crippen LogP contribution >= 0.6 is 27.5 Å². The predicted octanol–water partition coefficient (Wildman–Crippen LogP) is 5.14. The Hall–Kier alpha value is -0.430. The van der Waals surface area contributed by atoms with E-state index in [0.717, 1.165) is 0 Å². The molecule has 90 valence electrons. The minimum atomic E-state index is -4.95. The third-order valence-electron chi connectivity index (χ3n) is 1.68. The molecule has 0 bridgehead atoms. The van der Waals surface area contributed by atoms with E-state index in [2.05, 4.69) is 15.9 Å². The quantitative estimate of drug-likeness (QED) is 0.579. The van der Waals surface area contributed by atoms with E-state index in [1.807, 2.05) is 0 Å². The van der Waals surface area contributed by atoms with Crippen LogP contribution in [0, 0.1) is 0 Å². The molecule has 1 rings (SSSR count). The molecule has 0 unspecified atom stereocenters. The highest BCUT2D eigenvalue weighted by Gasteiger charge is 2.41. The average Bonchev–Trinajstić information content (AvgIpc) is 1.97. The van der Waals surface area contributed by atoms with Gasteiger partial charge in [-0.25, -0.2) is 0 Å². The Kier molecular flexibility index (Phi) is 3.50. The fraction of sp³-hybridized carbons (Fsp3) is 0.250. The van der Waals surface area contributed by atoms with Gasteiger partial charge < -0.3 is 0 Å². The number of halogens is 8. The van der Waals surface area contributed by atoms with Gasteiger partial charge in [0.2, 0.25) is 0 Å². The maximum atomic E-state index is 12.4. The lowest BCUT2D eigenvalue weighted by Gasteiger charge is -2.15. The van der Waals surface area contributed by atoms with Gasteiger partial charge in [0, 0.05) is 4.47 Å². The van der Waals surface area contributed by atoms with E-state index >= 15 is 0 Å². The molecule has 1 aromatic carbocycles. The fourth-order valence-corrected chi connectivity index (χ4v) is 2.21. The third kappa shape index (κ3) is 2.63. The van der Waals surface area contributed by atoms with Crippen LogP contribution in [0.15, 0.2) is 16.6 Å². The number of benzene rings is 1. The molecular weight excluding hydrogens is 325 g/mol. The maximum Gasteiger partial charge on any atom is 0.418 e. The van der Waals surface area contributed by atoms with E-state index in [0.29, 0.717) is 12.1 Å². The first-order valence-corrected chi connectivity index (χ1v) is 4.84. The van der Waals surface area contributed by atoms with Gasteiger partial charge in [0.15, 0.2) is 0 Å². The van der Waals surface area contributed by atoms with Crippen molar-refractivity contribution >= 4 is 27.5 Å². The highest BCUT2D eigenvalue weighted by atomic mass is 79.9. The lowest BCUT2D eigenvalue weighted by Crippen LogP contribution is -2.13. The first-order valence-electron chi connectivity index (χ1n) is 3.67. The van der Waals surface area contributed by atoms with Gasteiger partial charge >= 0.3 is 12.4 Å². The van der Waals surface area contributed by atoms with Crippen LogP contribution in [0.4, 0.5) is 26.3 Å². The molecule has 0 spiro atoms. The van der Waals surface area contributed by atoms with Crippen molar-refractivity contribution in [1.29, 1.82) is 0 Å². The smallest absolute Gasteiger partial charge is 0.166 e. The molecule has 0 aliphatic heterocycles. The van der Waals surface area contributed by atoms with Crippen molar-refractivity contribution in [2.75, 3.05) is 0 Å². The number of hydrogen-bond donors (Lipinski definition) is 0. The molecule has 0 N–H and O–H groups in total. The molecule has 0 radical (unpaired) electrons. The largest absolute Gasteiger partial charge is 0.418 e. The highest BCUT2D eigenvalue weighted by Crippen LogP contribution is 2.45. The van der Waals surface area contributed by atoms with Crippen LogP contribution in [0.3, 0.4) is 0 Å². The molecular formula is C8H2BrClF6. The Morgan fingerprint density at radius 2 is 1.44 bits per heavy atom. The molecule has 0 aromatic heterocycles. The second-order valence-corrected chi connectivity index (χ2v) is 3.98. The Bertz CT molecular complexity index is 408. The first-order chi connectivity index (χ1) is 7.05. The van der Waals surface area contributed by atoms with Crippen LogP contribution in [0.2, 0.25) is 5.02 Å². The molecule has 16 heavy (non-hydrogen) atoms. The molecule has 0 nitrogen and oxygen atoms in total. The van der Waals surface area contributed by atoms with Crippen LogP contribution in [0.5, 0.6) is 0 Å². The Balaban J connectivity index is 3.52. The van der Waals surface area contributed by atoms with Crippen LogP contribution in [0.25, 0.3) is 0 Å². The number of rotatable bonds is 0. The van der Waals surface area contributed by atoms with Crippen molar-refractivity contribution in [2.24, 2.45) is 0 Å². The van der Waals surface area contributed by atoms with E-state index in [9.17, 15) is 26.3 Å². The van der Waals surface area contributed by atoms with Crippen molar-refractivity contribution in [1.82, 2.24) is 0 Å². The molecule has 0 amide bonds. The average molecular weight is 327 g/mol. The Morgan fingerprint density at radius 3 is 1.81 bits per heavy atom. The lowest BCUT2D eigenvalue weighted by atomic mass is 10.1. The molecule has 0 aliphatic carbocycles. The first kappa shape index (κ1) is 13.6. The second-order valence-electron chi connectivity index (χ2n) is 2.78. The van der Waals surface area contributed by atoms with Gasteiger partial charge in [0.25, 0.3) is 0 Å². The molecule has 0 heterocycles. The number of hydrogen-bond acceptors (Lipinski definition) is 0. The summed E-state index contributed by atoms with van der Waals surface area (Å²) in [7, 11) is 0. The normalized spacial score (nSPS) is 13.0. The van der Waals surface area contributed by atoms with Crippen LogP contribution < -0.4 is 0 Å². The van der Waals surface area contributed by atoms with E-state index in [1.165, 1.54) is 0 Å². The lowest BCUT2D eigenvalue weighted by molar-refractivity contribution is -0.144. The molecule has 0 atom stereocenters. The van der Waals surface area contributed by atoms with Gasteiger partial charge in [-0.05, 0) is 28.1 Å². The molecule has 0 fully saturated rings. The summed E-state index contributed by atoms with van der Waals surface area (Å²) in [5.41, 5.74) is -2.94. The standard InChI is InChI=1S/C8H2BrClF6/c9-6-3(7(11,12)13)1-2-4(10)5(6)8(14,15)16/h1-2H. The Labute approximate surface area is 99.3 Å². The van der Waals surface area contributed by atoms with Gasteiger partial charge in [-0.15, -0.1) is 0 Å². The number of alkyl halides is 6. The van der Waals surface area contributed by atoms with Crippen molar-refractivity contribution in [3.05, 3.63) is 32.8 Å². The SMILES string of the molecule is FC(F)(F)c1ccc(Cl)c(C(F)(F)F)c1Br. The van der Waals surface area contributed by atoms with Gasteiger partial charge in [-0.1, -0.05) is 11.6 Å². The van der Waals surface area contributed by atoms with Crippen LogP contribution in [0.1, 0.15) is 11.1 Å². The van der Waals surface area contributed by atoms with E-state index in [-0.39, 0.29) is 0 Å². The van der Waals surface area contributed by atoms with E-state index < -0.39 is 33.0 Å². The zero-order valence-electron chi connectivity index (χ0n) is 7.18. The summed E-state index contributed by atoms with van der Waals surface area (Å²) in [4.78, 5) is 0. The van der Waals surface area contributed by atoms with Crippen LogP contribution in [-0.2, 0) is 12.4 Å². The molecule has 1 aromatic rings. The van der Waals surface area contributed by atoms with Gasteiger partial charge in [-0.2, -0.15) is 26.3 Å². The van der Waals surface area contributed by atoms with E-state index in [4.69, 9.17) is 11.6 Å². The topological polar surface area (TPSA) is 0 Å².